The molecule has 24 heavy (non-hydrogen) atoms. The fourth-order valence-corrected chi connectivity index (χ4v) is 2.87. The van der Waals surface area contributed by atoms with Gasteiger partial charge < -0.3 is 19.9 Å². The Labute approximate surface area is 142 Å². The first-order valence-electron chi connectivity index (χ1n) is 8.22. The zero-order chi connectivity index (χ0) is 16.8. The molecule has 3 rings (SSSR count). The highest BCUT2D eigenvalue weighted by Crippen LogP contribution is 2.22. The van der Waals surface area contributed by atoms with Crippen LogP contribution in [0.3, 0.4) is 0 Å². The number of hydrogen-bond acceptors (Lipinski definition) is 4. The normalized spacial score (nSPS) is 14.4. The van der Waals surface area contributed by atoms with E-state index in [1.54, 1.807) is 7.11 Å². The van der Waals surface area contributed by atoms with Crippen molar-refractivity contribution in [1.29, 1.82) is 0 Å². The standard InChI is InChI=1S/C19H23N3O2/c1-24-18-9-5-8-17(14-18)21-10-12-22(13-11-21)19(23)15-20-16-6-3-2-4-7-16/h2-9,14,20H,10-13,15H2,1H3. The van der Waals surface area contributed by atoms with Crippen molar-refractivity contribution in [2.75, 3.05) is 50.1 Å². The second-order valence-electron chi connectivity index (χ2n) is 5.79. The number of nitrogens with one attached hydrogen (secondary N) is 1. The lowest BCUT2D eigenvalue weighted by atomic mass is 10.2. The number of benzene rings is 2. The van der Waals surface area contributed by atoms with E-state index < -0.39 is 0 Å². The molecule has 0 saturated carbocycles. The number of nitrogens with zero attached hydrogens (tertiary/aromatic N) is 2. The average molecular weight is 325 g/mol. The summed E-state index contributed by atoms with van der Waals surface area (Å²) in [5, 5.41) is 3.18. The van der Waals surface area contributed by atoms with Crippen LogP contribution in [0.1, 0.15) is 0 Å². The van der Waals surface area contributed by atoms with Gasteiger partial charge in [0.05, 0.1) is 13.7 Å². The second-order valence-corrected chi connectivity index (χ2v) is 5.79. The number of carbonyl (C=O) groups is 1. The largest absolute Gasteiger partial charge is 0.497 e. The van der Waals surface area contributed by atoms with Gasteiger partial charge in [-0.15, -0.1) is 0 Å². The van der Waals surface area contributed by atoms with Crippen molar-refractivity contribution in [2.24, 2.45) is 0 Å². The first kappa shape index (κ1) is 16.2. The fraction of sp³-hybridized carbons (Fsp3) is 0.316. The van der Waals surface area contributed by atoms with Gasteiger partial charge in [0.25, 0.3) is 0 Å². The summed E-state index contributed by atoms with van der Waals surface area (Å²) in [6.07, 6.45) is 0. The number of anilines is 2. The van der Waals surface area contributed by atoms with Crippen molar-refractivity contribution in [3.8, 4) is 5.75 Å². The van der Waals surface area contributed by atoms with E-state index in [0.29, 0.717) is 6.54 Å². The molecule has 0 spiro atoms. The van der Waals surface area contributed by atoms with Gasteiger partial charge >= 0.3 is 0 Å². The summed E-state index contributed by atoms with van der Waals surface area (Å²) >= 11 is 0. The molecule has 1 aliphatic heterocycles. The third kappa shape index (κ3) is 3.98. The van der Waals surface area contributed by atoms with Crippen LogP contribution in [0.15, 0.2) is 54.6 Å². The average Bonchev–Trinajstić information content (AvgIpc) is 2.67. The van der Waals surface area contributed by atoms with E-state index in [1.165, 1.54) is 0 Å². The third-order valence-corrected chi connectivity index (χ3v) is 4.27. The van der Waals surface area contributed by atoms with Crippen molar-refractivity contribution in [1.82, 2.24) is 4.90 Å². The molecule has 1 N–H and O–H groups in total. The summed E-state index contributed by atoms with van der Waals surface area (Å²) < 4.78 is 5.28. The third-order valence-electron chi connectivity index (χ3n) is 4.27. The molecule has 5 heteroatoms. The maximum atomic E-state index is 12.3. The molecule has 5 nitrogen and oxygen atoms in total. The van der Waals surface area contributed by atoms with Crippen molar-refractivity contribution >= 4 is 17.3 Å². The molecule has 1 fully saturated rings. The maximum absolute atomic E-state index is 12.3. The minimum atomic E-state index is 0.143. The highest BCUT2D eigenvalue weighted by molar-refractivity contribution is 5.81. The quantitative estimate of drug-likeness (QED) is 0.917. The number of para-hydroxylation sites is 1. The summed E-state index contributed by atoms with van der Waals surface area (Å²) in [6.45, 7) is 3.50. The van der Waals surface area contributed by atoms with Gasteiger partial charge in [-0.05, 0) is 24.3 Å². The first-order valence-corrected chi connectivity index (χ1v) is 8.22. The van der Waals surface area contributed by atoms with Gasteiger partial charge in [-0.25, -0.2) is 0 Å². The zero-order valence-electron chi connectivity index (χ0n) is 13.9. The smallest absolute Gasteiger partial charge is 0.241 e. The van der Waals surface area contributed by atoms with Crippen molar-refractivity contribution < 1.29 is 9.53 Å². The lowest BCUT2D eigenvalue weighted by molar-refractivity contribution is -0.129. The Balaban J connectivity index is 1.50. The van der Waals surface area contributed by atoms with E-state index in [2.05, 4.69) is 16.3 Å². The van der Waals surface area contributed by atoms with Gasteiger partial charge in [0.15, 0.2) is 0 Å². The summed E-state index contributed by atoms with van der Waals surface area (Å²) in [7, 11) is 1.68. The van der Waals surface area contributed by atoms with Gasteiger partial charge in [0, 0.05) is 43.6 Å². The molecule has 2 aromatic carbocycles. The number of rotatable bonds is 5. The highest BCUT2D eigenvalue weighted by atomic mass is 16.5. The van der Waals surface area contributed by atoms with Gasteiger partial charge in [0.2, 0.25) is 5.91 Å². The van der Waals surface area contributed by atoms with Crippen LogP contribution < -0.4 is 15.0 Å². The van der Waals surface area contributed by atoms with Crippen molar-refractivity contribution in [3.63, 3.8) is 0 Å². The molecule has 0 radical (unpaired) electrons. The molecule has 0 bridgehead atoms. The molecule has 1 amide bonds. The predicted octanol–water partition coefficient (Wildman–Crippen LogP) is 2.46. The minimum Gasteiger partial charge on any atom is -0.497 e. The number of amides is 1. The number of methoxy groups -OCH3 is 1. The molecule has 0 atom stereocenters. The molecule has 1 saturated heterocycles. The molecule has 126 valence electrons. The van der Waals surface area contributed by atoms with Crippen LogP contribution in [0.4, 0.5) is 11.4 Å². The van der Waals surface area contributed by atoms with Gasteiger partial charge in [0.1, 0.15) is 5.75 Å². The monoisotopic (exact) mass is 325 g/mol. The minimum absolute atomic E-state index is 0.143. The molecule has 0 aliphatic carbocycles. The van der Waals surface area contributed by atoms with Crippen LogP contribution in [-0.2, 0) is 4.79 Å². The number of hydrogen-bond donors (Lipinski definition) is 1. The molecular formula is C19H23N3O2. The molecule has 1 aliphatic rings. The molecule has 1 heterocycles. The Bertz CT molecular complexity index is 667. The molecule has 0 aromatic heterocycles. The first-order chi connectivity index (χ1) is 11.8. The Morgan fingerprint density at radius 3 is 2.50 bits per heavy atom. The lowest BCUT2D eigenvalue weighted by Crippen LogP contribution is -2.50. The van der Waals surface area contributed by atoms with Crippen LogP contribution in [0, 0.1) is 0 Å². The van der Waals surface area contributed by atoms with E-state index >= 15 is 0 Å². The lowest BCUT2D eigenvalue weighted by Gasteiger charge is -2.36. The Kier molecular flexibility index (Phi) is 5.21. The van der Waals surface area contributed by atoms with E-state index in [0.717, 1.165) is 43.3 Å². The van der Waals surface area contributed by atoms with Crippen LogP contribution in [-0.4, -0.2) is 50.6 Å². The Hall–Kier alpha value is -2.69. The fourth-order valence-electron chi connectivity index (χ4n) is 2.87. The van der Waals surface area contributed by atoms with E-state index in [9.17, 15) is 4.79 Å². The van der Waals surface area contributed by atoms with Crippen molar-refractivity contribution in [3.05, 3.63) is 54.6 Å². The second kappa shape index (κ2) is 7.73. The predicted molar refractivity (Wildman–Crippen MR) is 96.7 cm³/mol. The van der Waals surface area contributed by atoms with Crippen LogP contribution >= 0.6 is 0 Å². The Morgan fingerprint density at radius 2 is 1.79 bits per heavy atom. The van der Waals surface area contributed by atoms with E-state index in [1.807, 2.05) is 53.4 Å². The maximum Gasteiger partial charge on any atom is 0.241 e. The van der Waals surface area contributed by atoms with Crippen LogP contribution in [0.5, 0.6) is 5.75 Å². The van der Waals surface area contributed by atoms with E-state index in [-0.39, 0.29) is 5.91 Å². The van der Waals surface area contributed by atoms with Crippen LogP contribution in [0.25, 0.3) is 0 Å². The Morgan fingerprint density at radius 1 is 1.04 bits per heavy atom. The van der Waals surface area contributed by atoms with Gasteiger partial charge in [-0.1, -0.05) is 24.3 Å². The highest BCUT2D eigenvalue weighted by Gasteiger charge is 2.21. The molecule has 0 unspecified atom stereocenters. The zero-order valence-corrected chi connectivity index (χ0v) is 13.9. The molecular weight excluding hydrogens is 302 g/mol. The topological polar surface area (TPSA) is 44.8 Å². The number of ether oxygens (including phenoxy) is 1. The summed E-state index contributed by atoms with van der Waals surface area (Å²) in [5.74, 6) is 1.00. The number of carbonyl (C=O) groups excluding carboxylic acids is 1. The number of piperazine rings is 1. The van der Waals surface area contributed by atoms with Gasteiger partial charge in [-0.3, -0.25) is 4.79 Å². The summed E-state index contributed by atoms with van der Waals surface area (Å²) in [4.78, 5) is 16.6. The summed E-state index contributed by atoms with van der Waals surface area (Å²) in [5.41, 5.74) is 2.12. The SMILES string of the molecule is COc1cccc(N2CCN(C(=O)CNc3ccccc3)CC2)c1. The van der Waals surface area contributed by atoms with Crippen molar-refractivity contribution in [2.45, 2.75) is 0 Å². The van der Waals surface area contributed by atoms with Gasteiger partial charge in [-0.2, -0.15) is 0 Å². The van der Waals surface area contributed by atoms with E-state index in [4.69, 9.17) is 4.74 Å². The van der Waals surface area contributed by atoms with Crippen LogP contribution in [0.2, 0.25) is 0 Å². The molecule has 2 aromatic rings. The summed E-state index contributed by atoms with van der Waals surface area (Å²) in [6, 6.07) is 17.9.